The van der Waals surface area contributed by atoms with E-state index < -0.39 is 0 Å². The average Bonchev–Trinajstić information content (AvgIpc) is 2.46. The van der Waals surface area contributed by atoms with Crippen LogP contribution < -0.4 is 10.1 Å². The van der Waals surface area contributed by atoms with Crippen LogP contribution in [0.5, 0.6) is 5.75 Å². The van der Waals surface area contributed by atoms with Crippen molar-refractivity contribution in [2.75, 3.05) is 11.9 Å². The van der Waals surface area contributed by atoms with Crippen molar-refractivity contribution >= 4 is 17.3 Å². The van der Waals surface area contributed by atoms with Crippen LogP contribution in [0.15, 0.2) is 42.5 Å². The molecule has 0 bridgehead atoms. The molecule has 0 amide bonds. The van der Waals surface area contributed by atoms with Crippen LogP contribution in [-0.4, -0.2) is 6.61 Å². The van der Waals surface area contributed by atoms with E-state index in [1.807, 2.05) is 37.3 Å². The zero-order valence-corrected chi connectivity index (χ0v) is 11.9. The number of hydrogen-bond acceptors (Lipinski definition) is 3. The molecular weight excluding hydrogens is 272 g/mol. The van der Waals surface area contributed by atoms with E-state index >= 15 is 0 Å². The predicted octanol–water partition coefficient (Wildman–Crippen LogP) is 4.22. The molecule has 3 nitrogen and oxygen atoms in total. The summed E-state index contributed by atoms with van der Waals surface area (Å²) in [5.74, 6) is 0.837. The molecule has 0 aliphatic heterocycles. The maximum Gasteiger partial charge on any atom is 0.121 e. The topological polar surface area (TPSA) is 45.0 Å². The molecule has 2 rings (SSSR count). The maximum atomic E-state index is 8.80. The lowest BCUT2D eigenvalue weighted by Crippen LogP contribution is -2.01. The van der Waals surface area contributed by atoms with Gasteiger partial charge in [0.2, 0.25) is 0 Å². The van der Waals surface area contributed by atoms with Crippen molar-refractivity contribution in [2.45, 2.75) is 13.5 Å². The second-order valence-corrected chi connectivity index (χ2v) is 4.64. The van der Waals surface area contributed by atoms with Crippen LogP contribution in [-0.2, 0) is 6.54 Å². The Morgan fingerprint density at radius 1 is 1.25 bits per heavy atom. The highest BCUT2D eigenvalue weighted by atomic mass is 35.5. The molecule has 20 heavy (non-hydrogen) atoms. The van der Waals surface area contributed by atoms with Crippen LogP contribution >= 0.6 is 11.6 Å². The molecule has 0 saturated carbocycles. The first kappa shape index (κ1) is 14.2. The standard InChI is InChI=1S/C16H15ClN2O/c1-2-20-15-5-3-4-14(9-15)19-11-13-7-6-12(10-18)8-16(13)17/h3-9,19H,2,11H2,1H3. The fourth-order valence-corrected chi connectivity index (χ4v) is 2.07. The van der Waals surface area contributed by atoms with Crippen molar-refractivity contribution in [1.82, 2.24) is 0 Å². The number of hydrogen-bond donors (Lipinski definition) is 1. The van der Waals surface area contributed by atoms with Crippen molar-refractivity contribution in [3.8, 4) is 11.8 Å². The normalized spacial score (nSPS) is 9.85. The highest BCUT2D eigenvalue weighted by molar-refractivity contribution is 6.31. The Morgan fingerprint density at radius 3 is 2.80 bits per heavy atom. The van der Waals surface area contributed by atoms with Gasteiger partial charge in [0, 0.05) is 23.3 Å². The number of nitrogens with one attached hydrogen (secondary N) is 1. The minimum absolute atomic E-state index is 0.567. The summed E-state index contributed by atoms with van der Waals surface area (Å²) in [5, 5.41) is 12.7. The largest absolute Gasteiger partial charge is 0.494 e. The summed E-state index contributed by atoms with van der Waals surface area (Å²) in [4.78, 5) is 0. The minimum atomic E-state index is 0.567. The van der Waals surface area contributed by atoms with Crippen molar-refractivity contribution in [3.63, 3.8) is 0 Å². The Labute approximate surface area is 123 Å². The molecule has 0 aromatic heterocycles. The summed E-state index contributed by atoms with van der Waals surface area (Å²) in [6, 6.07) is 15.1. The monoisotopic (exact) mass is 286 g/mol. The van der Waals surface area contributed by atoms with Crippen molar-refractivity contribution in [2.24, 2.45) is 0 Å². The van der Waals surface area contributed by atoms with Crippen LogP contribution in [0.25, 0.3) is 0 Å². The summed E-state index contributed by atoms with van der Waals surface area (Å²) in [7, 11) is 0. The van der Waals surface area contributed by atoms with E-state index in [0.717, 1.165) is 17.0 Å². The molecule has 0 atom stereocenters. The molecule has 0 unspecified atom stereocenters. The third-order valence-corrected chi connectivity index (χ3v) is 3.16. The second-order valence-electron chi connectivity index (χ2n) is 4.23. The van der Waals surface area contributed by atoms with Gasteiger partial charge in [-0.25, -0.2) is 0 Å². The van der Waals surface area contributed by atoms with E-state index in [0.29, 0.717) is 23.7 Å². The van der Waals surface area contributed by atoms with E-state index in [9.17, 15) is 0 Å². The molecule has 0 fully saturated rings. The third kappa shape index (κ3) is 3.66. The van der Waals surface area contributed by atoms with Crippen LogP contribution in [0, 0.1) is 11.3 Å². The summed E-state index contributed by atoms with van der Waals surface area (Å²) in [6.07, 6.45) is 0. The van der Waals surface area contributed by atoms with Gasteiger partial charge in [0.15, 0.2) is 0 Å². The lowest BCUT2D eigenvalue weighted by molar-refractivity contribution is 0.340. The van der Waals surface area contributed by atoms with E-state index in [1.54, 1.807) is 12.1 Å². The van der Waals surface area contributed by atoms with Crippen molar-refractivity contribution in [3.05, 3.63) is 58.6 Å². The number of benzene rings is 2. The van der Waals surface area contributed by atoms with Crippen molar-refractivity contribution < 1.29 is 4.74 Å². The Morgan fingerprint density at radius 2 is 2.10 bits per heavy atom. The van der Waals surface area contributed by atoms with E-state index in [2.05, 4.69) is 11.4 Å². The quantitative estimate of drug-likeness (QED) is 0.895. The third-order valence-electron chi connectivity index (χ3n) is 2.81. The van der Waals surface area contributed by atoms with E-state index in [-0.39, 0.29) is 0 Å². The summed E-state index contributed by atoms with van der Waals surface area (Å²) >= 11 is 6.14. The lowest BCUT2D eigenvalue weighted by Gasteiger charge is -2.10. The molecule has 0 heterocycles. The van der Waals surface area contributed by atoms with Gasteiger partial charge in [-0.2, -0.15) is 5.26 Å². The van der Waals surface area contributed by atoms with Gasteiger partial charge in [-0.05, 0) is 36.8 Å². The van der Waals surface area contributed by atoms with Crippen LogP contribution in [0.2, 0.25) is 5.02 Å². The van der Waals surface area contributed by atoms with E-state index in [4.69, 9.17) is 21.6 Å². The first-order chi connectivity index (χ1) is 9.72. The zero-order valence-electron chi connectivity index (χ0n) is 11.2. The summed E-state index contributed by atoms with van der Waals surface area (Å²) < 4.78 is 5.45. The number of halogens is 1. The molecule has 1 N–H and O–H groups in total. The highest BCUT2D eigenvalue weighted by Gasteiger charge is 2.02. The van der Waals surface area contributed by atoms with Gasteiger partial charge in [-0.15, -0.1) is 0 Å². The minimum Gasteiger partial charge on any atom is -0.494 e. The molecule has 2 aromatic rings. The first-order valence-corrected chi connectivity index (χ1v) is 6.76. The Hall–Kier alpha value is -2.18. The average molecular weight is 287 g/mol. The molecule has 102 valence electrons. The van der Waals surface area contributed by atoms with Gasteiger partial charge in [0.1, 0.15) is 5.75 Å². The van der Waals surface area contributed by atoms with Gasteiger partial charge < -0.3 is 10.1 Å². The fraction of sp³-hybridized carbons (Fsp3) is 0.188. The molecule has 0 aliphatic carbocycles. The van der Waals surface area contributed by atoms with Gasteiger partial charge in [0.05, 0.1) is 18.2 Å². The van der Waals surface area contributed by atoms with Crippen molar-refractivity contribution in [1.29, 1.82) is 5.26 Å². The number of nitrogens with zero attached hydrogens (tertiary/aromatic N) is 1. The number of anilines is 1. The smallest absolute Gasteiger partial charge is 0.121 e. The SMILES string of the molecule is CCOc1cccc(NCc2ccc(C#N)cc2Cl)c1. The molecule has 4 heteroatoms. The second kappa shape index (κ2) is 6.83. The Balaban J connectivity index is 2.05. The molecule has 0 spiro atoms. The summed E-state index contributed by atoms with van der Waals surface area (Å²) in [5.41, 5.74) is 2.49. The maximum absolute atomic E-state index is 8.80. The van der Waals surface area contributed by atoms with Crippen LogP contribution in [0.4, 0.5) is 5.69 Å². The Bertz CT molecular complexity index is 635. The van der Waals surface area contributed by atoms with Gasteiger partial charge in [-0.1, -0.05) is 23.7 Å². The Kier molecular flexibility index (Phi) is 4.86. The number of rotatable bonds is 5. The zero-order chi connectivity index (χ0) is 14.4. The summed E-state index contributed by atoms with van der Waals surface area (Å²) in [6.45, 7) is 3.20. The van der Waals surface area contributed by atoms with Gasteiger partial charge in [-0.3, -0.25) is 0 Å². The fourth-order valence-electron chi connectivity index (χ4n) is 1.82. The lowest BCUT2D eigenvalue weighted by atomic mass is 10.1. The molecule has 0 saturated heterocycles. The highest BCUT2D eigenvalue weighted by Crippen LogP contribution is 2.21. The molecule has 0 radical (unpaired) electrons. The van der Waals surface area contributed by atoms with E-state index in [1.165, 1.54) is 0 Å². The van der Waals surface area contributed by atoms with Gasteiger partial charge in [0.25, 0.3) is 0 Å². The number of nitriles is 1. The number of ether oxygens (including phenoxy) is 1. The van der Waals surface area contributed by atoms with Crippen LogP contribution in [0.3, 0.4) is 0 Å². The predicted molar refractivity (Wildman–Crippen MR) is 81.1 cm³/mol. The molecule has 0 aliphatic rings. The van der Waals surface area contributed by atoms with Gasteiger partial charge >= 0.3 is 0 Å². The molecule has 2 aromatic carbocycles. The first-order valence-electron chi connectivity index (χ1n) is 6.38. The molecular formula is C16H15ClN2O. The van der Waals surface area contributed by atoms with Crippen LogP contribution in [0.1, 0.15) is 18.1 Å².